The summed E-state index contributed by atoms with van der Waals surface area (Å²) in [6, 6.07) is 6.31. The molecule has 1 fully saturated rings. The number of hydrogen-bond donors (Lipinski definition) is 0. The van der Waals surface area contributed by atoms with Crippen LogP contribution in [0.15, 0.2) is 18.2 Å². The lowest BCUT2D eigenvalue weighted by molar-refractivity contribution is -0.108. The van der Waals surface area contributed by atoms with Crippen LogP contribution < -0.4 is 0 Å². The minimum Gasteiger partial charge on any atom is -0.303 e. The monoisotopic (exact) mass is 268 g/mol. The van der Waals surface area contributed by atoms with Gasteiger partial charge in [-0.1, -0.05) is 30.7 Å². The Kier molecular flexibility index (Phi) is 4.52. The fraction of sp³-hybridized carbons (Fsp3) is 0.500. The van der Waals surface area contributed by atoms with E-state index in [2.05, 4.69) is 19.1 Å². The van der Waals surface area contributed by atoms with Crippen LogP contribution in [0.25, 0.3) is 0 Å². The molecule has 0 aliphatic carbocycles. The van der Waals surface area contributed by atoms with Crippen LogP contribution in [-0.4, -0.2) is 17.8 Å². The number of carbonyl (C=O) groups excluding carboxylic acids is 1. The Hall–Kier alpha value is -0.470. The topological polar surface area (TPSA) is 17.1 Å². The van der Waals surface area contributed by atoms with Crippen molar-refractivity contribution < 1.29 is 4.79 Å². The van der Waals surface area contributed by atoms with Crippen molar-refractivity contribution in [2.75, 3.05) is 11.5 Å². The van der Waals surface area contributed by atoms with Crippen LogP contribution in [0.2, 0.25) is 5.02 Å². The summed E-state index contributed by atoms with van der Waals surface area (Å²) in [5.41, 5.74) is 2.44. The van der Waals surface area contributed by atoms with Crippen LogP contribution in [0.3, 0.4) is 0 Å². The third-order valence-electron chi connectivity index (χ3n) is 3.41. The fourth-order valence-electron chi connectivity index (χ4n) is 2.24. The SMILES string of the molecule is CC(CC=O)c1ccc(C2CCSC2)c(Cl)c1. The van der Waals surface area contributed by atoms with E-state index in [1.54, 1.807) is 0 Å². The maximum absolute atomic E-state index is 10.5. The van der Waals surface area contributed by atoms with E-state index in [0.717, 1.165) is 16.9 Å². The van der Waals surface area contributed by atoms with Crippen molar-refractivity contribution in [2.45, 2.75) is 31.6 Å². The molecule has 1 nitrogen and oxygen atoms in total. The Labute approximate surface area is 112 Å². The second kappa shape index (κ2) is 5.92. The van der Waals surface area contributed by atoms with E-state index in [9.17, 15) is 4.79 Å². The highest BCUT2D eigenvalue weighted by Crippen LogP contribution is 2.37. The molecule has 1 aromatic rings. The summed E-state index contributed by atoms with van der Waals surface area (Å²) < 4.78 is 0. The molecule has 0 N–H and O–H groups in total. The Morgan fingerprint density at radius 2 is 2.41 bits per heavy atom. The first-order chi connectivity index (χ1) is 8.22. The zero-order valence-electron chi connectivity index (χ0n) is 9.99. The van der Waals surface area contributed by atoms with E-state index < -0.39 is 0 Å². The molecule has 2 rings (SSSR count). The van der Waals surface area contributed by atoms with Gasteiger partial charge in [-0.05, 0) is 41.2 Å². The predicted octanol–water partition coefficient (Wildman–Crippen LogP) is 4.25. The van der Waals surface area contributed by atoms with Gasteiger partial charge < -0.3 is 4.79 Å². The Balaban J connectivity index is 2.18. The molecule has 2 unspecified atom stereocenters. The van der Waals surface area contributed by atoms with Crippen molar-refractivity contribution in [3.05, 3.63) is 34.3 Å². The highest BCUT2D eigenvalue weighted by atomic mass is 35.5. The molecule has 0 amide bonds. The highest BCUT2D eigenvalue weighted by molar-refractivity contribution is 7.99. The van der Waals surface area contributed by atoms with E-state index in [4.69, 9.17) is 11.6 Å². The second-order valence-electron chi connectivity index (χ2n) is 4.64. The van der Waals surface area contributed by atoms with E-state index >= 15 is 0 Å². The molecule has 3 heteroatoms. The largest absolute Gasteiger partial charge is 0.303 e. The molecule has 1 aliphatic heterocycles. The zero-order chi connectivity index (χ0) is 12.3. The van der Waals surface area contributed by atoms with Crippen LogP contribution >= 0.6 is 23.4 Å². The molecule has 1 heterocycles. The smallest absolute Gasteiger partial charge is 0.120 e. The first-order valence-electron chi connectivity index (χ1n) is 6.03. The van der Waals surface area contributed by atoms with Crippen molar-refractivity contribution in [3.63, 3.8) is 0 Å². The van der Waals surface area contributed by atoms with Gasteiger partial charge in [-0.3, -0.25) is 0 Å². The van der Waals surface area contributed by atoms with Crippen LogP contribution in [0, 0.1) is 0 Å². The quantitative estimate of drug-likeness (QED) is 0.760. The van der Waals surface area contributed by atoms with Crippen molar-refractivity contribution in [3.8, 4) is 0 Å². The number of halogens is 1. The lowest BCUT2D eigenvalue weighted by Crippen LogP contribution is -2.00. The average Bonchev–Trinajstić information content (AvgIpc) is 2.82. The van der Waals surface area contributed by atoms with Crippen LogP contribution in [0.5, 0.6) is 0 Å². The molecule has 1 aromatic carbocycles. The number of hydrogen-bond acceptors (Lipinski definition) is 2. The zero-order valence-corrected chi connectivity index (χ0v) is 11.6. The van der Waals surface area contributed by atoms with Crippen molar-refractivity contribution >= 4 is 29.6 Å². The fourth-order valence-corrected chi connectivity index (χ4v) is 3.83. The third kappa shape index (κ3) is 3.05. The number of benzene rings is 1. The molecule has 0 bridgehead atoms. The normalized spacial score (nSPS) is 21.4. The first kappa shape index (κ1) is 13.0. The van der Waals surface area contributed by atoms with E-state index in [1.165, 1.54) is 23.5 Å². The Morgan fingerprint density at radius 3 is 3.00 bits per heavy atom. The molecular weight excluding hydrogens is 252 g/mol. The number of aldehydes is 1. The molecule has 0 spiro atoms. The summed E-state index contributed by atoms with van der Waals surface area (Å²) in [4.78, 5) is 10.5. The minimum absolute atomic E-state index is 0.261. The molecule has 17 heavy (non-hydrogen) atoms. The molecule has 2 atom stereocenters. The third-order valence-corrected chi connectivity index (χ3v) is 4.90. The van der Waals surface area contributed by atoms with E-state index in [-0.39, 0.29) is 5.92 Å². The standard InChI is InChI=1S/C14H17ClOS/c1-10(4-6-16)11-2-3-13(14(15)8-11)12-5-7-17-9-12/h2-3,6,8,10,12H,4-5,7,9H2,1H3. The summed E-state index contributed by atoms with van der Waals surface area (Å²) in [5, 5.41) is 0.868. The van der Waals surface area contributed by atoms with Crippen molar-refractivity contribution in [2.24, 2.45) is 0 Å². The van der Waals surface area contributed by atoms with E-state index in [1.807, 2.05) is 17.8 Å². The molecule has 92 valence electrons. The second-order valence-corrected chi connectivity index (χ2v) is 6.20. The number of carbonyl (C=O) groups is 1. The molecule has 0 saturated carbocycles. The Bertz CT molecular complexity index is 399. The van der Waals surface area contributed by atoms with Crippen LogP contribution in [-0.2, 0) is 4.79 Å². The number of thioether (sulfide) groups is 1. The lowest BCUT2D eigenvalue weighted by Gasteiger charge is -2.14. The van der Waals surface area contributed by atoms with Crippen molar-refractivity contribution in [1.29, 1.82) is 0 Å². The van der Waals surface area contributed by atoms with Gasteiger partial charge >= 0.3 is 0 Å². The van der Waals surface area contributed by atoms with Crippen molar-refractivity contribution in [1.82, 2.24) is 0 Å². The van der Waals surface area contributed by atoms with Crippen LogP contribution in [0.4, 0.5) is 0 Å². The maximum Gasteiger partial charge on any atom is 0.120 e. The summed E-state index contributed by atoms with van der Waals surface area (Å²) >= 11 is 8.36. The van der Waals surface area contributed by atoms with Gasteiger partial charge in [0.1, 0.15) is 6.29 Å². The summed E-state index contributed by atoms with van der Waals surface area (Å²) in [6.45, 7) is 2.06. The Morgan fingerprint density at radius 1 is 1.59 bits per heavy atom. The van der Waals surface area contributed by atoms with Gasteiger partial charge in [-0.2, -0.15) is 11.8 Å². The summed E-state index contributed by atoms with van der Waals surface area (Å²) in [6.07, 6.45) is 2.77. The average molecular weight is 269 g/mol. The molecule has 0 radical (unpaired) electrons. The molecular formula is C14H17ClOS. The molecule has 0 aromatic heterocycles. The van der Waals surface area contributed by atoms with Gasteiger partial charge in [0, 0.05) is 17.2 Å². The maximum atomic E-state index is 10.5. The lowest BCUT2D eigenvalue weighted by atomic mass is 9.93. The van der Waals surface area contributed by atoms with Gasteiger partial charge in [0.2, 0.25) is 0 Å². The summed E-state index contributed by atoms with van der Waals surface area (Å²) in [5.74, 6) is 3.30. The first-order valence-corrected chi connectivity index (χ1v) is 7.56. The van der Waals surface area contributed by atoms with Gasteiger partial charge in [0.25, 0.3) is 0 Å². The highest BCUT2D eigenvalue weighted by Gasteiger charge is 2.20. The predicted molar refractivity (Wildman–Crippen MR) is 75.2 cm³/mol. The van der Waals surface area contributed by atoms with Crippen LogP contribution in [0.1, 0.15) is 42.7 Å². The minimum atomic E-state index is 0.261. The molecule has 1 saturated heterocycles. The van der Waals surface area contributed by atoms with Gasteiger partial charge in [0.05, 0.1) is 0 Å². The van der Waals surface area contributed by atoms with Gasteiger partial charge in [-0.15, -0.1) is 0 Å². The summed E-state index contributed by atoms with van der Waals surface area (Å²) in [7, 11) is 0. The van der Waals surface area contributed by atoms with E-state index in [0.29, 0.717) is 12.3 Å². The van der Waals surface area contributed by atoms with Gasteiger partial charge in [0.15, 0.2) is 0 Å². The number of rotatable bonds is 4. The molecule has 1 aliphatic rings. The van der Waals surface area contributed by atoms with Gasteiger partial charge in [-0.25, -0.2) is 0 Å².